The number of benzene rings is 1. The Balaban J connectivity index is 2.13. The van der Waals surface area contributed by atoms with Crippen molar-refractivity contribution in [3.8, 4) is 0 Å². The van der Waals surface area contributed by atoms with Crippen molar-refractivity contribution >= 4 is 38.9 Å². The molecular formula is C13H11BrFNOS. The number of nitrogens with one attached hydrogen (secondary N) is 1. The van der Waals surface area contributed by atoms with Crippen LogP contribution < -0.4 is 5.32 Å². The van der Waals surface area contributed by atoms with Gasteiger partial charge < -0.3 is 5.32 Å². The van der Waals surface area contributed by atoms with Crippen LogP contribution in [-0.2, 0) is 6.42 Å². The molecular weight excluding hydrogens is 317 g/mol. The van der Waals surface area contributed by atoms with Crippen LogP contribution >= 0.6 is 27.3 Å². The number of carbonyl (C=O) groups is 1. The van der Waals surface area contributed by atoms with Crippen LogP contribution in [0, 0.1) is 5.82 Å². The van der Waals surface area contributed by atoms with E-state index in [0.717, 1.165) is 6.42 Å². The fourth-order valence-electron chi connectivity index (χ4n) is 1.46. The number of rotatable bonds is 3. The van der Waals surface area contributed by atoms with Gasteiger partial charge in [0.25, 0.3) is 5.91 Å². The van der Waals surface area contributed by atoms with Crippen LogP contribution in [0.5, 0.6) is 0 Å². The first-order valence-corrected chi connectivity index (χ1v) is 7.06. The Hall–Kier alpha value is -1.20. The molecule has 0 saturated heterocycles. The topological polar surface area (TPSA) is 29.1 Å². The van der Waals surface area contributed by atoms with Gasteiger partial charge in [-0.3, -0.25) is 4.79 Å². The van der Waals surface area contributed by atoms with E-state index in [-0.39, 0.29) is 11.7 Å². The number of thiophene rings is 1. The van der Waals surface area contributed by atoms with Crippen LogP contribution in [0.1, 0.15) is 21.5 Å². The molecule has 0 spiro atoms. The summed E-state index contributed by atoms with van der Waals surface area (Å²) in [4.78, 5) is 13.8. The van der Waals surface area contributed by atoms with Gasteiger partial charge in [-0.2, -0.15) is 0 Å². The fraction of sp³-hybridized carbons (Fsp3) is 0.154. The molecule has 0 radical (unpaired) electrons. The maximum absolute atomic E-state index is 13.1. The number of aryl methyl sites for hydroxylation is 1. The summed E-state index contributed by atoms with van der Waals surface area (Å²) in [7, 11) is 0. The van der Waals surface area contributed by atoms with E-state index in [1.807, 2.05) is 13.0 Å². The standard InChI is InChI=1S/C13H11BrFNOS/c1-2-9-4-6-12(18-9)13(17)16-8-3-5-11(15)10(14)7-8/h3-7H,2H2,1H3,(H,16,17). The fourth-order valence-corrected chi connectivity index (χ4v) is 2.68. The highest BCUT2D eigenvalue weighted by Crippen LogP contribution is 2.22. The van der Waals surface area contributed by atoms with Gasteiger partial charge in [0.1, 0.15) is 5.82 Å². The monoisotopic (exact) mass is 327 g/mol. The van der Waals surface area contributed by atoms with E-state index in [2.05, 4.69) is 21.2 Å². The summed E-state index contributed by atoms with van der Waals surface area (Å²) >= 11 is 4.55. The van der Waals surface area contributed by atoms with E-state index in [1.54, 1.807) is 12.1 Å². The molecule has 94 valence electrons. The van der Waals surface area contributed by atoms with Crippen LogP contribution in [0.4, 0.5) is 10.1 Å². The second-order valence-corrected chi connectivity index (χ2v) is 5.73. The molecule has 1 heterocycles. The summed E-state index contributed by atoms with van der Waals surface area (Å²) in [5.74, 6) is -0.518. The average molecular weight is 328 g/mol. The van der Waals surface area contributed by atoms with Gasteiger partial charge in [0.2, 0.25) is 0 Å². The Labute approximate surface area is 117 Å². The molecule has 0 bridgehead atoms. The van der Waals surface area contributed by atoms with Crippen molar-refractivity contribution in [1.29, 1.82) is 0 Å². The van der Waals surface area contributed by atoms with Gasteiger partial charge in [-0.1, -0.05) is 6.92 Å². The van der Waals surface area contributed by atoms with Crippen molar-refractivity contribution in [3.63, 3.8) is 0 Å². The average Bonchev–Trinajstić information content (AvgIpc) is 2.82. The van der Waals surface area contributed by atoms with E-state index in [1.165, 1.54) is 28.3 Å². The molecule has 2 rings (SSSR count). The number of anilines is 1. The molecule has 0 aliphatic carbocycles. The molecule has 2 aromatic rings. The minimum atomic E-state index is -0.350. The van der Waals surface area contributed by atoms with Gasteiger partial charge in [0, 0.05) is 10.6 Å². The molecule has 0 aliphatic heterocycles. The van der Waals surface area contributed by atoms with Crippen molar-refractivity contribution in [2.45, 2.75) is 13.3 Å². The van der Waals surface area contributed by atoms with E-state index in [0.29, 0.717) is 15.0 Å². The lowest BCUT2D eigenvalue weighted by atomic mass is 10.3. The summed E-state index contributed by atoms with van der Waals surface area (Å²) < 4.78 is 13.4. The Bertz CT molecular complexity index is 582. The molecule has 0 aliphatic rings. The summed E-state index contributed by atoms with van der Waals surface area (Å²) in [5.41, 5.74) is 0.569. The highest BCUT2D eigenvalue weighted by Gasteiger charge is 2.10. The van der Waals surface area contributed by atoms with Crippen LogP contribution in [-0.4, -0.2) is 5.91 Å². The van der Waals surface area contributed by atoms with Crippen molar-refractivity contribution in [1.82, 2.24) is 0 Å². The van der Waals surface area contributed by atoms with Crippen LogP contribution in [0.15, 0.2) is 34.8 Å². The van der Waals surface area contributed by atoms with Gasteiger partial charge in [0.15, 0.2) is 0 Å². The third kappa shape index (κ3) is 2.97. The first kappa shape index (κ1) is 13.2. The molecule has 0 saturated carbocycles. The quantitative estimate of drug-likeness (QED) is 0.885. The second-order valence-electron chi connectivity index (χ2n) is 3.70. The summed E-state index contributed by atoms with van der Waals surface area (Å²) in [6, 6.07) is 8.14. The molecule has 2 nitrogen and oxygen atoms in total. The highest BCUT2D eigenvalue weighted by atomic mass is 79.9. The maximum atomic E-state index is 13.1. The first-order valence-electron chi connectivity index (χ1n) is 5.45. The minimum absolute atomic E-state index is 0.168. The Morgan fingerprint density at radius 1 is 1.39 bits per heavy atom. The Morgan fingerprint density at radius 2 is 2.17 bits per heavy atom. The van der Waals surface area contributed by atoms with E-state index >= 15 is 0 Å². The lowest BCUT2D eigenvalue weighted by Crippen LogP contribution is -2.10. The SMILES string of the molecule is CCc1ccc(C(=O)Nc2ccc(F)c(Br)c2)s1. The highest BCUT2D eigenvalue weighted by molar-refractivity contribution is 9.10. The zero-order valence-corrected chi connectivity index (χ0v) is 12.1. The van der Waals surface area contributed by atoms with Crippen LogP contribution in [0.25, 0.3) is 0 Å². The molecule has 5 heteroatoms. The van der Waals surface area contributed by atoms with Gasteiger partial charge in [-0.25, -0.2) is 4.39 Å². The minimum Gasteiger partial charge on any atom is -0.321 e. The zero-order chi connectivity index (χ0) is 13.1. The first-order chi connectivity index (χ1) is 8.60. The van der Waals surface area contributed by atoms with E-state index < -0.39 is 0 Å². The molecule has 1 amide bonds. The predicted molar refractivity (Wildman–Crippen MR) is 75.8 cm³/mol. The predicted octanol–water partition coefficient (Wildman–Crippen LogP) is 4.46. The number of amides is 1. The number of halogens is 2. The maximum Gasteiger partial charge on any atom is 0.265 e. The van der Waals surface area contributed by atoms with Gasteiger partial charge >= 0.3 is 0 Å². The number of hydrogen-bond acceptors (Lipinski definition) is 2. The molecule has 18 heavy (non-hydrogen) atoms. The number of hydrogen-bond donors (Lipinski definition) is 1. The third-order valence-electron chi connectivity index (χ3n) is 2.41. The van der Waals surface area contributed by atoms with Crippen molar-refractivity contribution < 1.29 is 9.18 Å². The molecule has 0 unspecified atom stereocenters. The Kier molecular flexibility index (Phi) is 4.14. The lowest BCUT2D eigenvalue weighted by Gasteiger charge is -2.04. The summed E-state index contributed by atoms with van der Waals surface area (Å²) in [5, 5.41) is 2.74. The normalized spacial score (nSPS) is 10.4. The van der Waals surface area contributed by atoms with Gasteiger partial charge in [-0.15, -0.1) is 11.3 Å². The summed E-state index contributed by atoms with van der Waals surface area (Å²) in [6.07, 6.45) is 0.917. The lowest BCUT2D eigenvalue weighted by molar-refractivity contribution is 0.103. The molecule has 1 aromatic carbocycles. The van der Waals surface area contributed by atoms with Crippen LogP contribution in [0.2, 0.25) is 0 Å². The van der Waals surface area contributed by atoms with Crippen molar-refractivity contribution in [3.05, 3.63) is 50.4 Å². The number of carbonyl (C=O) groups excluding carboxylic acids is 1. The van der Waals surface area contributed by atoms with Crippen molar-refractivity contribution in [2.75, 3.05) is 5.32 Å². The zero-order valence-electron chi connectivity index (χ0n) is 9.67. The third-order valence-corrected chi connectivity index (χ3v) is 4.25. The van der Waals surface area contributed by atoms with E-state index in [9.17, 15) is 9.18 Å². The van der Waals surface area contributed by atoms with Gasteiger partial charge in [-0.05, 0) is 52.7 Å². The second kappa shape index (κ2) is 5.63. The smallest absolute Gasteiger partial charge is 0.265 e. The van der Waals surface area contributed by atoms with E-state index in [4.69, 9.17) is 0 Å². The summed E-state index contributed by atoms with van der Waals surface area (Å²) in [6.45, 7) is 2.05. The Morgan fingerprint density at radius 3 is 2.78 bits per heavy atom. The van der Waals surface area contributed by atoms with Crippen molar-refractivity contribution in [2.24, 2.45) is 0 Å². The molecule has 1 N–H and O–H groups in total. The van der Waals surface area contributed by atoms with Gasteiger partial charge in [0.05, 0.1) is 9.35 Å². The van der Waals surface area contributed by atoms with Crippen LogP contribution in [0.3, 0.4) is 0 Å². The largest absolute Gasteiger partial charge is 0.321 e. The molecule has 1 aromatic heterocycles. The molecule has 0 fully saturated rings. The molecule has 0 atom stereocenters.